The van der Waals surface area contributed by atoms with E-state index in [2.05, 4.69) is 27.6 Å². The van der Waals surface area contributed by atoms with Gasteiger partial charge in [-0.1, -0.05) is 54.2 Å². The molecule has 1 aromatic heterocycles. The van der Waals surface area contributed by atoms with Crippen LogP contribution in [0.5, 0.6) is 0 Å². The van der Waals surface area contributed by atoms with E-state index in [4.69, 9.17) is 5.73 Å². The molecule has 3 N–H and O–H groups in total. The summed E-state index contributed by atoms with van der Waals surface area (Å²) >= 11 is 1.32. The first kappa shape index (κ1) is 20.6. The number of nitrogens with two attached hydrogens (primary N) is 1. The number of nitrogens with one attached hydrogen (secondary N) is 1. The van der Waals surface area contributed by atoms with Gasteiger partial charge in [-0.15, -0.1) is 10.2 Å². The molecule has 0 aliphatic rings. The Bertz CT molecular complexity index is 988. The quantitative estimate of drug-likeness (QED) is 0.529. The fraction of sp³-hybridized carbons (Fsp3) is 0.238. The first-order valence-electron chi connectivity index (χ1n) is 9.36. The van der Waals surface area contributed by atoms with E-state index in [-0.39, 0.29) is 17.2 Å². The largest absolute Gasteiger partial charge is 0.366 e. The summed E-state index contributed by atoms with van der Waals surface area (Å²) < 4.78 is 2.03. The Morgan fingerprint density at radius 2 is 1.76 bits per heavy atom. The fourth-order valence-electron chi connectivity index (χ4n) is 2.95. The van der Waals surface area contributed by atoms with Gasteiger partial charge in [-0.3, -0.25) is 9.59 Å². The highest BCUT2D eigenvalue weighted by atomic mass is 32.2. The summed E-state index contributed by atoms with van der Waals surface area (Å²) in [5.41, 5.74) is 7.29. The van der Waals surface area contributed by atoms with Gasteiger partial charge in [0.15, 0.2) is 5.16 Å². The molecule has 0 radical (unpaired) electrons. The fourth-order valence-corrected chi connectivity index (χ4v) is 3.77. The average molecular weight is 410 g/mol. The maximum Gasteiger partial charge on any atom is 0.250 e. The van der Waals surface area contributed by atoms with Crippen LogP contribution in [-0.4, -0.2) is 32.3 Å². The van der Waals surface area contributed by atoms with Crippen LogP contribution in [0.4, 0.5) is 5.69 Å². The topological polar surface area (TPSA) is 103 Å². The molecule has 0 saturated carbocycles. The molecule has 2 amide bonds. The average Bonchev–Trinajstić information content (AvgIpc) is 3.13. The van der Waals surface area contributed by atoms with Crippen LogP contribution in [0.15, 0.2) is 59.8 Å². The Morgan fingerprint density at radius 1 is 1.03 bits per heavy atom. The number of nitrogens with zero attached hydrogens (tertiary/aromatic N) is 3. The van der Waals surface area contributed by atoms with E-state index in [0.717, 1.165) is 25.2 Å². The second-order valence-corrected chi connectivity index (χ2v) is 7.32. The van der Waals surface area contributed by atoms with Crippen LogP contribution in [0.1, 0.15) is 28.7 Å². The van der Waals surface area contributed by atoms with Crippen LogP contribution in [0.25, 0.3) is 0 Å². The van der Waals surface area contributed by atoms with Crippen LogP contribution in [0, 0.1) is 0 Å². The molecule has 0 atom stereocenters. The van der Waals surface area contributed by atoms with E-state index >= 15 is 0 Å². The predicted octanol–water partition coefficient (Wildman–Crippen LogP) is 2.91. The van der Waals surface area contributed by atoms with Gasteiger partial charge >= 0.3 is 0 Å². The lowest BCUT2D eigenvalue weighted by Crippen LogP contribution is -2.19. The molecule has 0 aliphatic carbocycles. The number of benzene rings is 2. The first-order valence-corrected chi connectivity index (χ1v) is 10.3. The monoisotopic (exact) mass is 409 g/mol. The molecular weight excluding hydrogens is 386 g/mol. The van der Waals surface area contributed by atoms with Crippen molar-refractivity contribution in [3.63, 3.8) is 0 Å². The Kier molecular flexibility index (Phi) is 7.02. The third-order valence-electron chi connectivity index (χ3n) is 4.39. The van der Waals surface area contributed by atoms with E-state index < -0.39 is 5.91 Å². The Morgan fingerprint density at radius 3 is 2.48 bits per heavy atom. The molecule has 0 unspecified atom stereocenters. The summed E-state index contributed by atoms with van der Waals surface area (Å²) in [5.74, 6) is 0.241. The van der Waals surface area contributed by atoms with Gasteiger partial charge in [-0.2, -0.15) is 0 Å². The first-order chi connectivity index (χ1) is 14.1. The van der Waals surface area contributed by atoms with E-state index in [1.807, 2.05) is 29.7 Å². The number of rotatable bonds is 9. The molecular formula is C21H23N5O2S. The van der Waals surface area contributed by atoms with Gasteiger partial charge in [0.2, 0.25) is 5.91 Å². The number of thioether (sulfide) groups is 1. The van der Waals surface area contributed by atoms with Crippen LogP contribution >= 0.6 is 11.8 Å². The van der Waals surface area contributed by atoms with Gasteiger partial charge < -0.3 is 15.6 Å². The number of para-hydroxylation sites is 1. The summed E-state index contributed by atoms with van der Waals surface area (Å²) in [5, 5.41) is 12.0. The zero-order valence-electron chi connectivity index (χ0n) is 16.2. The van der Waals surface area contributed by atoms with Crippen molar-refractivity contribution >= 4 is 29.3 Å². The number of primary amides is 1. The Balaban J connectivity index is 1.60. The van der Waals surface area contributed by atoms with Crippen molar-refractivity contribution in [2.75, 3.05) is 11.1 Å². The molecule has 7 nitrogen and oxygen atoms in total. The number of carbonyl (C=O) groups excluding carboxylic acids is 2. The number of hydrogen-bond acceptors (Lipinski definition) is 5. The summed E-state index contributed by atoms with van der Waals surface area (Å²) in [6, 6.07) is 16.9. The molecule has 0 saturated heterocycles. The van der Waals surface area contributed by atoms with Gasteiger partial charge in [0, 0.05) is 13.0 Å². The van der Waals surface area contributed by atoms with Crippen molar-refractivity contribution in [3.05, 3.63) is 71.5 Å². The van der Waals surface area contributed by atoms with E-state index in [9.17, 15) is 9.59 Å². The van der Waals surface area contributed by atoms with Crippen molar-refractivity contribution in [2.24, 2.45) is 5.73 Å². The minimum Gasteiger partial charge on any atom is -0.366 e. The lowest BCUT2D eigenvalue weighted by atomic mass is 10.1. The Labute approximate surface area is 173 Å². The highest BCUT2D eigenvalue weighted by Crippen LogP contribution is 2.20. The van der Waals surface area contributed by atoms with Crippen molar-refractivity contribution < 1.29 is 9.59 Å². The molecule has 150 valence electrons. The minimum absolute atomic E-state index is 0.157. The van der Waals surface area contributed by atoms with Gasteiger partial charge in [-0.25, -0.2) is 0 Å². The zero-order valence-corrected chi connectivity index (χ0v) is 17.0. The molecule has 0 fully saturated rings. The minimum atomic E-state index is -0.581. The van der Waals surface area contributed by atoms with E-state index in [1.165, 1.54) is 17.3 Å². The predicted molar refractivity (Wildman–Crippen MR) is 114 cm³/mol. The molecule has 29 heavy (non-hydrogen) atoms. The summed E-state index contributed by atoms with van der Waals surface area (Å²) in [6.45, 7) is 2.76. The molecule has 2 aromatic carbocycles. The number of anilines is 1. The molecule has 8 heteroatoms. The number of carbonyl (C=O) groups is 2. The highest BCUT2D eigenvalue weighted by Gasteiger charge is 2.15. The SMILES string of the molecule is CCn1c(CCc2ccccc2)nnc1SCC(=O)Nc1ccccc1C(N)=O. The second-order valence-electron chi connectivity index (χ2n) is 6.38. The summed E-state index contributed by atoms with van der Waals surface area (Å²) in [7, 11) is 0. The number of aryl methyl sites for hydroxylation is 2. The Hall–Kier alpha value is -3.13. The van der Waals surface area contributed by atoms with Gasteiger partial charge in [0.05, 0.1) is 17.0 Å². The smallest absolute Gasteiger partial charge is 0.250 e. The van der Waals surface area contributed by atoms with Crippen molar-refractivity contribution in [3.8, 4) is 0 Å². The van der Waals surface area contributed by atoms with Gasteiger partial charge in [0.25, 0.3) is 5.91 Å². The number of hydrogen-bond donors (Lipinski definition) is 2. The maximum absolute atomic E-state index is 12.3. The lowest BCUT2D eigenvalue weighted by molar-refractivity contribution is -0.113. The summed E-state index contributed by atoms with van der Waals surface area (Å²) in [6.07, 6.45) is 1.66. The van der Waals surface area contributed by atoms with Crippen molar-refractivity contribution in [2.45, 2.75) is 31.5 Å². The molecule has 0 bridgehead atoms. The van der Waals surface area contributed by atoms with Crippen molar-refractivity contribution in [1.29, 1.82) is 0 Å². The maximum atomic E-state index is 12.3. The zero-order chi connectivity index (χ0) is 20.6. The van der Waals surface area contributed by atoms with Crippen LogP contribution in [0.2, 0.25) is 0 Å². The molecule has 0 aliphatic heterocycles. The highest BCUT2D eigenvalue weighted by molar-refractivity contribution is 7.99. The van der Waals surface area contributed by atoms with Gasteiger partial charge in [-0.05, 0) is 31.0 Å². The van der Waals surface area contributed by atoms with Gasteiger partial charge in [0.1, 0.15) is 5.82 Å². The molecule has 3 aromatic rings. The lowest BCUT2D eigenvalue weighted by Gasteiger charge is -2.09. The standard InChI is InChI=1S/C21H23N5O2S/c1-2-26-18(13-12-15-8-4-3-5-9-15)24-25-21(26)29-14-19(27)23-17-11-7-6-10-16(17)20(22)28/h3-11H,2,12-14H2,1H3,(H2,22,28)(H,23,27). The third kappa shape index (κ3) is 5.45. The number of aromatic nitrogens is 3. The third-order valence-corrected chi connectivity index (χ3v) is 5.36. The van der Waals surface area contributed by atoms with E-state index in [0.29, 0.717) is 10.8 Å². The normalized spacial score (nSPS) is 10.7. The molecule has 3 rings (SSSR count). The molecule has 0 spiro atoms. The number of amides is 2. The van der Waals surface area contributed by atoms with E-state index in [1.54, 1.807) is 24.3 Å². The van der Waals surface area contributed by atoms with Crippen LogP contribution in [0.3, 0.4) is 0 Å². The van der Waals surface area contributed by atoms with Crippen LogP contribution < -0.4 is 11.1 Å². The summed E-state index contributed by atoms with van der Waals surface area (Å²) in [4.78, 5) is 23.8. The molecule has 1 heterocycles. The second kappa shape index (κ2) is 9.88. The van der Waals surface area contributed by atoms with Crippen molar-refractivity contribution in [1.82, 2.24) is 14.8 Å². The van der Waals surface area contributed by atoms with Crippen LogP contribution in [-0.2, 0) is 24.2 Å².